The number of sulfonamides is 1. The monoisotopic (exact) mass is 495 g/mol. The number of aromatic hydroxyl groups is 1. The Morgan fingerprint density at radius 2 is 1.83 bits per heavy atom. The number of benzene rings is 3. The van der Waals surface area contributed by atoms with Crippen LogP contribution in [0.25, 0.3) is 10.9 Å². The lowest BCUT2D eigenvalue weighted by molar-refractivity contribution is -0.384. The minimum atomic E-state index is -4.17. The Morgan fingerprint density at radius 3 is 2.54 bits per heavy atom. The van der Waals surface area contributed by atoms with Crippen LogP contribution < -0.4 is 9.46 Å². The highest BCUT2D eigenvalue weighted by molar-refractivity contribution is 7.92. The van der Waals surface area contributed by atoms with Gasteiger partial charge in [0.2, 0.25) is 5.88 Å². The maximum atomic E-state index is 12.9. The SMILES string of the molecule is COc1ccccc1NS(=O)(=O)c1ccc(N=Nc2c(O)[nH]c3c(C)c(C)ccc23)c([N+](=O)[O-])c1. The number of nitro groups is 1. The summed E-state index contributed by atoms with van der Waals surface area (Å²) in [6.07, 6.45) is 0. The number of H-pyrrole nitrogens is 1. The number of hydrogen-bond acceptors (Lipinski definition) is 8. The molecule has 0 spiro atoms. The van der Waals surface area contributed by atoms with E-state index in [9.17, 15) is 23.6 Å². The molecule has 3 aromatic carbocycles. The average Bonchev–Trinajstić information content (AvgIpc) is 3.15. The zero-order chi connectivity index (χ0) is 25.3. The Balaban J connectivity index is 1.72. The number of aromatic amines is 1. The minimum absolute atomic E-state index is 0.118. The molecule has 1 heterocycles. The third-order valence-electron chi connectivity index (χ3n) is 5.52. The zero-order valence-corrected chi connectivity index (χ0v) is 19.8. The van der Waals surface area contributed by atoms with Crippen molar-refractivity contribution >= 4 is 43.7 Å². The Labute approximate surface area is 200 Å². The fourth-order valence-electron chi connectivity index (χ4n) is 3.52. The molecule has 3 N–H and O–H groups in total. The summed E-state index contributed by atoms with van der Waals surface area (Å²) in [4.78, 5) is 13.4. The van der Waals surface area contributed by atoms with Gasteiger partial charge in [-0.3, -0.25) is 14.8 Å². The lowest BCUT2D eigenvalue weighted by Crippen LogP contribution is -2.13. The first-order valence-corrected chi connectivity index (χ1v) is 11.8. The Bertz CT molecular complexity index is 1590. The van der Waals surface area contributed by atoms with Crippen LogP contribution in [0.1, 0.15) is 11.1 Å². The van der Waals surface area contributed by atoms with Gasteiger partial charge in [0.1, 0.15) is 5.75 Å². The number of nitrogens with one attached hydrogen (secondary N) is 2. The van der Waals surface area contributed by atoms with Crippen LogP contribution >= 0.6 is 0 Å². The van der Waals surface area contributed by atoms with Gasteiger partial charge >= 0.3 is 0 Å². The van der Waals surface area contributed by atoms with Crippen LogP contribution in [0.2, 0.25) is 0 Å². The van der Waals surface area contributed by atoms with E-state index >= 15 is 0 Å². The van der Waals surface area contributed by atoms with Crippen LogP contribution in [0.15, 0.2) is 69.7 Å². The zero-order valence-electron chi connectivity index (χ0n) is 18.9. The molecule has 0 amide bonds. The Morgan fingerprint density at radius 1 is 1.09 bits per heavy atom. The molecule has 12 heteroatoms. The highest BCUT2D eigenvalue weighted by atomic mass is 32.2. The van der Waals surface area contributed by atoms with Crippen molar-refractivity contribution in [2.45, 2.75) is 18.7 Å². The highest BCUT2D eigenvalue weighted by Gasteiger charge is 2.23. The van der Waals surface area contributed by atoms with Crippen LogP contribution in [-0.2, 0) is 10.0 Å². The van der Waals surface area contributed by atoms with E-state index in [1.807, 2.05) is 19.9 Å². The van der Waals surface area contributed by atoms with E-state index in [-0.39, 0.29) is 27.8 Å². The van der Waals surface area contributed by atoms with Crippen LogP contribution in [0, 0.1) is 24.0 Å². The molecule has 0 radical (unpaired) electrons. The number of anilines is 1. The van der Waals surface area contributed by atoms with Gasteiger partial charge in [-0.05, 0) is 49.2 Å². The van der Waals surface area contributed by atoms with Crippen molar-refractivity contribution < 1.29 is 23.2 Å². The maximum absolute atomic E-state index is 12.9. The molecule has 0 aliphatic rings. The van der Waals surface area contributed by atoms with Gasteiger partial charge < -0.3 is 14.8 Å². The second kappa shape index (κ2) is 9.06. The van der Waals surface area contributed by atoms with Crippen molar-refractivity contribution in [3.63, 3.8) is 0 Å². The summed E-state index contributed by atoms with van der Waals surface area (Å²) in [5.74, 6) is 0.0558. The minimum Gasteiger partial charge on any atom is -0.495 e. The molecule has 0 fully saturated rings. The molecular weight excluding hydrogens is 474 g/mol. The third-order valence-corrected chi connectivity index (χ3v) is 6.88. The molecule has 4 aromatic rings. The summed E-state index contributed by atoms with van der Waals surface area (Å²) in [5.41, 5.74) is 2.16. The molecule has 0 atom stereocenters. The average molecular weight is 496 g/mol. The normalized spacial score (nSPS) is 11.7. The number of azo groups is 1. The van der Waals surface area contributed by atoms with Gasteiger partial charge in [0.15, 0.2) is 11.4 Å². The molecule has 35 heavy (non-hydrogen) atoms. The number of methoxy groups -OCH3 is 1. The van der Waals surface area contributed by atoms with Gasteiger partial charge in [-0.2, -0.15) is 0 Å². The molecule has 0 unspecified atom stereocenters. The summed E-state index contributed by atoms with van der Waals surface area (Å²) in [7, 11) is -2.78. The first-order chi connectivity index (χ1) is 16.6. The van der Waals surface area contributed by atoms with Crippen molar-refractivity contribution in [1.82, 2.24) is 4.98 Å². The number of nitro benzene ring substituents is 1. The van der Waals surface area contributed by atoms with Gasteiger partial charge in [0.25, 0.3) is 15.7 Å². The summed E-state index contributed by atoms with van der Waals surface area (Å²) in [6.45, 7) is 3.81. The number of ether oxygens (including phenoxy) is 1. The number of hydrogen-bond donors (Lipinski definition) is 3. The number of rotatable bonds is 7. The molecule has 0 saturated carbocycles. The fraction of sp³-hybridized carbons (Fsp3) is 0.130. The molecule has 0 bridgehead atoms. The molecular formula is C23H21N5O6S. The van der Waals surface area contributed by atoms with Crippen molar-refractivity contribution in [3.05, 3.63) is 75.8 Å². The molecule has 0 aliphatic heterocycles. The number of para-hydroxylation sites is 2. The van der Waals surface area contributed by atoms with Crippen LogP contribution in [0.4, 0.5) is 22.7 Å². The van der Waals surface area contributed by atoms with Gasteiger partial charge in [-0.15, -0.1) is 10.2 Å². The van der Waals surface area contributed by atoms with E-state index in [1.54, 1.807) is 24.3 Å². The van der Waals surface area contributed by atoms with Crippen LogP contribution in [0.5, 0.6) is 11.6 Å². The molecule has 0 aliphatic carbocycles. The standard InChI is InChI=1S/C23H21N5O6S/c1-13-8-10-16-21(14(13)2)24-23(29)22(16)26-25-17-11-9-15(12-19(17)28(30)31)35(32,33)27-18-6-4-5-7-20(18)34-3/h4-12,24,27,29H,1-3H3. The molecule has 4 rings (SSSR count). The third kappa shape index (κ3) is 4.51. The number of nitrogens with zero attached hydrogens (tertiary/aromatic N) is 3. The maximum Gasteiger partial charge on any atom is 0.298 e. The summed E-state index contributed by atoms with van der Waals surface area (Å²) in [6, 6.07) is 13.3. The van der Waals surface area contributed by atoms with Crippen molar-refractivity contribution in [3.8, 4) is 11.6 Å². The predicted octanol–water partition coefficient (Wildman–Crippen LogP) is 5.62. The summed E-state index contributed by atoms with van der Waals surface area (Å²) >= 11 is 0. The highest BCUT2D eigenvalue weighted by Crippen LogP contribution is 2.39. The van der Waals surface area contributed by atoms with E-state index < -0.39 is 20.6 Å². The second-order valence-electron chi connectivity index (χ2n) is 7.67. The molecule has 1 aromatic heterocycles. The molecule has 11 nitrogen and oxygen atoms in total. The number of fused-ring (bicyclic) bond motifs is 1. The fourth-order valence-corrected chi connectivity index (χ4v) is 4.61. The van der Waals surface area contributed by atoms with Gasteiger partial charge in [0, 0.05) is 11.5 Å². The van der Waals surface area contributed by atoms with E-state index in [4.69, 9.17) is 4.74 Å². The van der Waals surface area contributed by atoms with Crippen LogP contribution in [-0.4, -0.2) is 30.5 Å². The van der Waals surface area contributed by atoms with Crippen molar-refractivity contribution in [2.24, 2.45) is 10.2 Å². The largest absolute Gasteiger partial charge is 0.495 e. The second-order valence-corrected chi connectivity index (χ2v) is 9.35. The van der Waals surface area contributed by atoms with E-state index in [1.165, 1.54) is 25.3 Å². The van der Waals surface area contributed by atoms with Crippen molar-refractivity contribution in [1.29, 1.82) is 0 Å². The smallest absolute Gasteiger partial charge is 0.298 e. The Hall–Kier alpha value is -4.45. The van der Waals surface area contributed by atoms with E-state index in [0.717, 1.165) is 17.2 Å². The number of aromatic nitrogens is 1. The van der Waals surface area contributed by atoms with Gasteiger partial charge in [-0.25, -0.2) is 8.42 Å². The topological polar surface area (TPSA) is 159 Å². The quantitative estimate of drug-likeness (QED) is 0.171. The Kier molecular flexibility index (Phi) is 6.14. The van der Waals surface area contributed by atoms with Crippen LogP contribution in [0.3, 0.4) is 0 Å². The van der Waals surface area contributed by atoms with E-state index in [2.05, 4.69) is 19.9 Å². The van der Waals surface area contributed by atoms with Crippen molar-refractivity contribution in [2.75, 3.05) is 11.8 Å². The molecule has 0 saturated heterocycles. The van der Waals surface area contributed by atoms with Gasteiger partial charge in [-0.1, -0.05) is 24.3 Å². The predicted molar refractivity (Wildman–Crippen MR) is 131 cm³/mol. The summed E-state index contributed by atoms with van der Waals surface area (Å²) in [5, 5.41) is 30.5. The first-order valence-electron chi connectivity index (χ1n) is 10.3. The lowest BCUT2D eigenvalue weighted by atomic mass is 10.1. The lowest BCUT2D eigenvalue weighted by Gasteiger charge is -2.11. The number of aryl methyl sites for hydroxylation is 2. The van der Waals surface area contributed by atoms with E-state index in [0.29, 0.717) is 16.7 Å². The summed E-state index contributed by atoms with van der Waals surface area (Å²) < 4.78 is 33.2. The first kappa shape index (κ1) is 23.7. The van der Waals surface area contributed by atoms with Gasteiger partial charge in [0.05, 0.1) is 28.1 Å². The molecule has 180 valence electrons.